The fourth-order valence-electron chi connectivity index (χ4n) is 5.92. The van der Waals surface area contributed by atoms with Gasteiger partial charge in [-0.2, -0.15) is 0 Å². The Labute approximate surface area is 204 Å². The molecule has 2 aromatic rings. The molecule has 2 heterocycles. The number of nitrogens with two attached hydrogens (primary N) is 1. The molecule has 0 spiro atoms. The molecule has 1 saturated carbocycles. The number of primary amides is 1. The highest BCUT2D eigenvalue weighted by Crippen LogP contribution is 2.44. The average molecular weight is 470 g/mol. The molecule has 1 amide bonds. The van der Waals surface area contributed by atoms with E-state index in [1.807, 2.05) is 18.2 Å². The first-order chi connectivity index (χ1) is 16.4. The zero-order chi connectivity index (χ0) is 24.4. The number of carbonyl (C=O) groups is 2. The van der Waals surface area contributed by atoms with Crippen molar-refractivity contribution in [1.82, 2.24) is 9.88 Å². The molecular weight excluding hydrogens is 426 g/mol. The lowest BCUT2D eigenvalue weighted by Crippen LogP contribution is -2.45. The number of aromatic carboxylic acids is 1. The van der Waals surface area contributed by atoms with Crippen molar-refractivity contribution >= 4 is 22.8 Å². The van der Waals surface area contributed by atoms with Gasteiger partial charge in [0, 0.05) is 17.1 Å². The third-order valence-electron chi connectivity index (χ3n) is 8.05. The van der Waals surface area contributed by atoms with Gasteiger partial charge in [0.25, 0.3) is 0 Å². The summed E-state index contributed by atoms with van der Waals surface area (Å²) in [5.74, 6) is -0.380. The number of para-hydroxylation sites is 1. The predicted octanol–water partition coefficient (Wildman–Crippen LogP) is 5.97. The van der Waals surface area contributed by atoms with Crippen molar-refractivity contribution in [3.05, 3.63) is 36.0 Å². The number of aromatic amines is 1. The molecule has 34 heavy (non-hydrogen) atoms. The second kappa shape index (κ2) is 12.9. The smallest absolute Gasteiger partial charge is 0.337 e. The number of nitrogens with zero attached hydrogens (tertiary/aromatic N) is 1. The van der Waals surface area contributed by atoms with E-state index in [0.717, 1.165) is 30.3 Å². The number of carboxylic acid groups (broad SMARTS) is 1. The van der Waals surface area contributed by atoms with Gasteiger partial charge in [-0.3, -0.25) is 4.79 Å². The Balaban J connectivity index is 0.000000226. The average Bonchev–Trinajstić information content (AvgIpc) is 3.33. The van der Waals surface area contributed by atoms with E-state index in [1.54, 1.807) is 6.07 Å². The third-order valence-corrected chi connectivity index (χ3v) is 8.05. The van der Waals surface area contributed by atoms with Crippen LogP contribution in [-0.2, 0) is 4.79 Å². The first-order valence-electron chi connectivity index (χ1n) is 13.2. The van der Waals surface area contributed by atoms with Crippen LogP contribution in [0.15, 0.2) is 30.5 Å². The molecule has 1 aromatic heterocycles. The molecule has 4 N–H and O–H groups in total. The Hall–Kier alpha value is -2.34. The number of carboxylic acids is 1. The van der Waals surface area contributed by atoms with Gasteiger partial charge in [-0.1, -0.05) is 69.6 Å². The molecule has 1 atom stereocenters. The van der Waals surface area contributed by atoms with Gasteiger partial charge in [-0.25, -0.2) is 4.79 Å². The third kappa shape index (κ3) is 6.84. The van der Waals surface area contributed by atoms with Crippen molar-refractivity contribution in [2.45, 2.75) is 83.5 Å². The maximum absolute atomic E-state index is 12.5. The molecule has 4 rings (SSSR count). The highest BCUT2D eigenvalue weighted by molar-refractivity contribution is 6.03. The normalized spacial score (nSPS) is 23.8. The summed E-state index contributed by atoms with van der Waals surface area (Å²) in [4.78, 5) is 28.5. The highest BCUT2D eigenvalue weighted by Gasteiger charge is 2.43. The van der Waals surface area contributed by atoms with E-state index in [4.69, 9.17) is 10.8 Å². The van der Waals surface area contributed by atoms with Gasteiger partial charge in [-0.05, 0) is 64.2 Å². The molecule has 1 aliphatic carbocycles. The van der Waals surface area contributed by atoms with Crippen molar-refractivity contribution in [2.75, 3.05) is 20.1 Å². The van der Waals surface area contributed by atoms with Crippen LogP contribution in [0.25, 0.3) is 10.9 Å². The van der Waals surface area contributed by atoms with Crippen molar-refractivity contribution in [3.8, 4) is 0 Å². The molecule has 6 heteroatoms. The van der Waals surface area contributed by atoms with Gasteiger partial charge >= 0.3 is 5.97 Å². The van der Waals surface area contributed by atoms with Crippen LogP contribution in [0.1, 0.15) is 93.8 Å². The molecule has 1 aromatic carbocycles. The van der Waals surface area contributed by atoms with E-state index in [9.17, 15) is 9.59 Å². The molecule has 188 valence electrons. The molecule has 2 fully saturated rings. The Kier molecular flexibility index (Phi) is 10.00. The SMILES string of the molecule is CN1CCCCCC(C(N)=O)(C2CCCCCCCC2)CC1.O=C(O)c1c[nH]c2ccccc12. The maximum atomic E-state index is 12.5. The lowest BCUT2D eigenvalue weighted by Gasteiger charge is -2.39. The number of aromatic nitrogens is 1. The molecule has 1 aliphatic heterocycles. The van der Waals surface area contributed by atoms with Crippen LogP contribution >= 0.6 is 0 Å². The highest BCUT2D eigenvalue weighted by atomic mass is 16.4. The first kappa shape index (κ1) is 26.3. The van der Waals surface area contributed by atoms with Gasteiger partial charge in [0.05, 0.1) is 11.0 Å². The van der Waals surface area contributed by atoms with E-state index in [0.29, 0.717) is 11.5 Å². The molecule has 0 bridgehead atoms. The number of carbonyl (C=O) groups excluding carboxylic acids is 1. The monoisotopic (exact) mass is 469 g/mol. The second-order valence-electron chi connectivity index (χ2n) is 10.3. The zero-order valence-corrected chi connectivity index (χ0v) is 20.9. The number of H-pyrrole nitrogens is 1. The van der Waals surface area contributed by atoms with Gasteiger partial charge in [-0.15, -0.1) is 0 Å². The Morgan fingerprint density at radius 2 is 1.59 bits per heavy atom. The van der Waals surface area contributed by atoms with Crippen molar-refractivity contribution in [3.63, 3.8) is 0 Å². The predicted molar refractivity (Wildman–Crippen MR) is 138 cm³/mol. The standard InChI is InChI=1S/C19H36N2O.C9H7NO2/c1-21-15-10-6-9-13-19(14-16-21,18(20)22)17-11-7-4-2-3-5-8-12-17;11-9(12)7-5-10-8-4-2-1-3-6(7)8/h17H,2-16H2,1H3,(H2,20,22);1-5,10H,(H,11,12). The van der Waals surface area contributed by atoms with E-state index in [2.05, 4.69) is 16.9 Å². The van der Waals surface area contributed by atoms with Crippen molar-refractivity contribution < 1.29 is 14.7 Å². The van der Waals surface area contributed by atoms with Crippen LogP contribution in [0, 0.1) is 11.3 Å². The number of fused-ring (bicyclic) bond motifs is 1. The Bertz CT molecular complexity index is 915. The number of rotatable bonds is 3. The van der Waals surface area contributed by atoms with E-state index in [-0.39, 0.29) is 11.3 Å². The van der Waals surface area contributed by atoms with Crippen molar-refractivity contribution in [2.24, 2.45) is 17.1 Å². The first-order valence-corrected chi connectivity index (χ1v) is 13.2. The summed E-state index contributed by atoms with van der Waals surface area (Å²) in [5.41, 5.74) is 6.97. The summed E-state index contributed by atoms with van der Waals surface area (Å²) in [6, 6.07) is 7.32. The van der Waals surface area contributed by atoms with Crippen LogP contribution in [0.3, 0.4) is 0 Å². The summed E-state index contributed by atoms with van der Waals surface area (Å²) in [6.07, 6.45) is 17.6. The van der Waals surface area contributed by atoms with Crippen LogP contribution < -0.4 is 5.73 Å². The number of hydrogen-bond acceptors (Lipinski definition) is 3. The van der Waals surface area contributed by atoms with Crippen LogP contribution in [0.5, 0.6) is 0 Å². The fraction of sp³-hybridized carbons (Fsp3) is 0.643. The maximum Gasteiger partial charge on any atom is 0.337 e. The minimum absolute atomic E-state index is 0.00736. The van der Waals surface area contributed by atoms with Gasteiger partial charge in [0.1, 0.15) is 0 Å². The summed E-state index contributed by atoms with van der Waals surface area (Å²) in [6.45, 7) is 2.19. The number of hydrogen-bond donors (Lipinski definition) is 3. The second-order valence-corrected chi connectivity index (χ2v) is 10.3. The number of benzene rings is 1. The Morgan fingerprint density at radius 1 is 0.941 bits per heavy atom. The molecule has 0 radical (unpaired) electrons. The molecule has 1 saturated heterocycles. The number of nitrogens with one attached hydrogen (secondary N) is 1. The molecule has 2 aliphatic rings. The van der Waals surface area contributed by atoms with Crippen molar-refractivity contribution in [1.29, 1.82) is 0 Å². The minimum Gasteiger partial charge on any atom is -0.478 e. The Morgan fingerprint density at radius 3 is 2.26 bits per heavy atom. The summed E-state index contributed by atoms with van der Waals surface area (Å²) >= 11 is 0. The number of amides is 1. The summed E-state index contributed by atoms with van der Waals surface area (Å²) in [5, 5.41) is 9.51. The minimum atomic E-state index is -0.896. The lowest BCUT2D eigenvalue weighted by atomic mass is 9.65. The quantitative estimate of drug-likeness (QED) is 0.515. The van der Waals surface area contributed by atoms with E-state index < -0.39 is 5.97 Å². The van der Waals surface area contributed by atoms with E-state index in [1.165, 1.54) is 83.4 Å². The summed E-state index contributed by atoms with van der Waals surface area (Å²) in [7, 11) is 2.19. The van der Waals surface area contributed by atoms with Crippen LogP contribution in [-0.4, -0.2) is 47.0 Å². The van der Waals surface area contributed by atoms with Crippen LogP contribution in [0.2, 0.25) is 0 Å². The van der Waals surface area contributed by atoms with E-state index >= 15 is 0 Å². The summed E-state index contributed by atoms with van der Waals surface area (Å²) < 4.78 is 0. The van der Waals surface area contributed by atoms with Gasteiger partial charge in [0.15, 0.2) is 0 Å². The van der Waals surface area contributed by atoms with Crippen LogP contribution in [0.4, 0.5) is 0 Å². The largest absolute Gasteiger partial charge is 0.478 e. The topological polar surface area (TPSA) is 99.4 Å². The zero-order valence-electron chi connectivity index (χ0n) is 20.9. The molecular formula is C28H43N3O3. The van der Waals surface area contributed by atoms with Gasteiger partial charge < -0.3 is 20.7 Å². The lowest BCUT2D eigenvalue weighted by molar-refractivity contribution is -0.133. The fourth-order valence-corrected chi connectivity index (χ4v) is 5.92. The molecule has 6 nitrogen and oxygen atoms in total. The van der Waals surface area contributed by atoms with Gasteiger partial charge in [0.2, 0.25) is 5.91 Å². The molecule has 1 unspecified atom stereocenters.